The zero-order valence-corrected chi connectivity index (χ0v) is 12.7. The molecule has 0 spiro atoms. The van der Waals surface area contributed by atoms with Crippen molar-refractivity contribution >= 4 is 17.5 Å². The lowest BCUT2D eigenvalue weighted by molar-refractivity contribution is 0.306. The van der Waals surface area contributed by atoms with E-state index in [1.807, 2.05) is 30.3 Å². The Morgan fingerprint density at radius 3 is 2.43 bits per heavy atom. The molecule has 0 unspecified atom stereocenters. The first-order valence-corrected chi connectivity index (χ1v) is 7.17. The topological polar surface area (TPSA) is 85.1 Å². The van der Waals surface area contributed by atoms with Crippen LogP contribution < -0.4 is 10.5 Å². The number of hydrogen-bond acceptors (Lipinski definition) is 5. The molecule has 114 valence electrons. The van der Waals surface area contributed by atoms with Crippen LogP contribution in [0.5, 0.6) is 5.75 Å². The van der Waals surface area contributed by atoms with Gasteiger partial charge in [-0.1, -0.05) is 23.7 Å². The Morgan fingerprint density at radius 2 is 1.83 bits per heavy atom. The van der Waals surface area contributed by atoms with Gasteiger partial charge >= 0.3 is 0 Å². The first-order chi connectivity index (χ1) is 11.2. The number of nitrogens with zero attached hydrogens (tertiary/aromatic N) is 2. The number of halogens is 1. The molecular formula is C17H12ClN3O2. The predicted octanol–water partition coefficient (Wildman–Crippen LogP) is 4.03. The van der Waals surface area contributed by atoms with Crippen molar-refractivity contribution in [3.05, 3.63) is 64.8 Å². The van der Waals surface area contributed by atoms with E-state index >= 15 is 0 Å². The minimum absolute atomic E-state index is 0.0190. The zero-order chi connectivity index (χ0) is 16.2. The summed E-state index contributed by atoms with van der Waals surface area (Å²) in [4.78, 5) is 4.02. The second-order valence-corrected chi connectivity index (χ2v) is 5.22. The molecule has 6 heteroatoms. The van der Waals surface area contributed by atoms with Crippen LogP contribution in [0.2, 0.25) is 5.02 Å². The molecule has 3 rings (SSSR count). The number of nitriles is 1. The Morgan fingerprint density at radius 1 is 1.13 bits per heavy atom. The summed E-state index contributed by atoms with van der Waals surface area (Å²) in [6, 6.07) is 16.5. The van der Waals surface area contributed by atoms with Gasteiger partial charge in [0.2, 0.25) is 17.5 Å². The van der Waals surface area contributed by atoms with Crippen LogP contribution in [0.15, 0.2) is 52.9 Å². The summed E-state index contributed by atoms with van der Waals surface area (Å²) in [6.07, 6.45) is 0. The number of hydrogen-bond donors (Lipinski definition) is 1. The van der Waals surface area contributed by atoms with Crippen LogP contribution >= 0.6 is 11.6 Å². The molecule has 2 N–H and O–H groups in total. The van der Waals surface area contributed by atoms with Crippen molar-refractivity contribution in [3.8, 4) is 23.3 Å². The SMILES string of the molecule is N#Cc1nc(-c2ccc(OCc3ccc(Cl)cc3)cc2)oc1N. The summed E-state index contributed by atoms with van der Waals surface area (Å²) in [5.41, 5.74) is 7.39. The fraction of sp³-hybridized carbons (Fsp3) is 0.0588. The van der Waals surface area contributed by atoms with Crippen molar-refractivity contribution in [2.45, 2.75) is 6.61 Å². The summed E-state index contributed by atoms with van der Waals surface area (Å²) in [5.74, 6) is 1.04. The molecule has 0 aliphatic rings. The molecular weight excluding hydrogens is 314 g/mol. The van der Waals surface area contributed by atoms with Gasteiger partial charge in [-0.25, -0.2) is 0 Å². The maximum absolute atomic E-state index is 8.84. The molecule has 1 heterocycles. The monoisotopic (exact) mass is 325 g/mol. The average molecular weight is 326 g/mol. The fourth-order valence-corrected chi connectivity index (χ4v) is 2.10. The molecule has 0 atom stereocenters. The maximum Gasteiger partial charge on any atom is 0.230 e. The molecule has 3 aromatic rings. The molecule has 0 radical (unpaired) electrons. The van der Waals surface area contributed by atoms with E-state index in [0.29, 0.717) is 23.3 Å². The molecule has 0 saturated carbocycles. The van der Waals surface area contributed by atoms with E-state index in [4.69, 9.17) is 31.8 Å². The Kier molecular flexibility index (Phi) is 4.18. The van der Waals surface area contributed by atoms with Gasteiger partial charge < -0.3 is 14.9 Å². The van der Waals surface area contributed by atoms with Crippen molar-refractivity contribution in [3.63, 3.8) is 0 Å². The van der Waals surface area contributed by atoms with Crippen LogP contribution in [0.25, 0.3) is 11.5 Å². The van der Waals surface area contributed by atoms with Crippen molar-refractivity contribution in [1.82, 2.24) is 4.98 Å². The van der Waals surface area contributed by atoms with Gasteiger partial charge in [0.25, 0.3) is 0 Å². The van der Waals surface area contributed by atoms with E-state index in [0.717, 1.165) is 11.1 Å². The van der Waals surface area contributed by atoms with Crippen LogP contribution in [-0.2, 0) is 6.61 Å². The molecule has 0 saturated heterocycles. The molecule has 1 aromatic heterocycles. The van der Waals surface area contributed by atoms with Gasteiger partial charge in [-0.3, -0.25) is 0 Å². The van der Waals surface area contributed by atoms with Gasteiger partial charge in [0.15, 0.2) is 0 Å². The Labute approximate surface area is 137 Å². The first-order valence-electron chi connectivity index (χ1n) is 6.80. The molecule has 2 aromatic carbocycles. The van der Waals surface area contributed by atoms with Gasteiger partial charge in [0.1, 0.15) is 18.4 Å². The Hall–Kier alpha value is -2.97. The van der Waals surface area contributed by atoms with Crippen molar-refractivity contribution in [1.29, 1.82) is 5.26 Å². The lowest BCUT2D eigenvalue weighted by Gasteiger charge is -2.06. The van der Waals surface area contributed by atoms with Gasteiger partial charge in [-0.15, -0.1) is 0 Å². The summed E-state index contributed by atoms with van der Waals surface area (Å²) in [5, 5.41) is 9.53. The third-order valence-corrected chi connectivity index (χ3v) is 3.43. The normalized spacial score (nSPS) is 10.3. The number of oxazole rings is 1. The van der Waals surface area contributed by atoms with Gasteiger partial charge in [0.05, 0.1) is 0 Å². The van der Waals surface area contributed by atoms with E-state index in [1.165, 1.54) is 0 Å². The number of benzene rings is 2. The lowest BCUT2D eigenvalue weighted by atomic mass is 10.2. The highest BCUT2D eigenvalue weighted by atomic mass is 35.5. The number of nitrogens with two attached hydrogens (primary N) is 1. The number of nitrogen functional groups attached to an aromatic ring is 1. The largest absolute Gasteiger partial charge is 0.489 e. The molecule has 0 aliphatic heterocycles. The number of anilines is 1. The van der Waals surface area contributed by atoms with Crippen LogP contribution in [0.4, 0.5) is 5.88 Å². The number of aromatic nitrogens is 1. The maximum atomic E-state index is 8.84. The lowest BCUT2D eigenvalue weighted by Crippen LogP contribution is -1.94. The van der Waals surface area contributed by atoms with Gasteiger partial charge in [-0.05, 0) is 42.0 Å². The quantitative estimate of drug-likeness (QED) is 0.782. The van der Waals surface area contributed by atoms with E-state index in [2.05, 4.69) is 4.98 Å². The summed E-state index contributed by atoms with van der Waals surface area (Å²) >= 11 is 5.84. The zero-order valence-electron chi connectivity index (χ0n) is 12.0. The van der Waals surface area contributed by atoms with Crippen LogP contribution in [0, 0.1) is 11.3 Å². The Balaban J connectivity index is 1.69. The number of ether oxygens (including phenoxy) is 1. The smallest absolute Gasteiger partial charge is 0.230 e. The van der Waals surface area contributed by atoms with E-state index < -0.39 is 0 Å². The van der Waals surface area contributed by atoms with Crippen molar-refractivity contribution in [2.24, 2.45) is 0 Å². The standard InChI is InChI=1S/C17H12ClN3O2/c18-13-5-1-11(2-6-13)10-22-14-7-3-12(4-8-14)17-21-15(9-19)16(20)23-17/h1-8H,10,20H2. The third-order valence-electron chi connectivity index (χ3n) is 3.18. The third kappa shape index (κ3) is 3.44. The van der Waals surface area contributed by atoms with Gasteiger partial charge in [0, 0.05) is 10.6 Å². The molecule has 23 heavy (non-hydrogen) atoms. The summed E-state index contributed by atoms with van der Waals surface area (Å²) in [7, 11) is 0. The van der Waals surface area contributed by atoms with Crippen molar-refractivity contribution in [2.75, 3.05) is 5.73 Å². The predicted molar refractivity (Wildman–Crippen MR) is 86.9 cm³/mol. The minimum Gasteiger partial charge on any atom is -0.489 e. The highest BCUT2D eigenvalue weighted by Crippen LogP contribution is 2.25. The van der Waals surface area contributed by atoms with Crippen molar-refractivity contribution < 1.29 is 9.15 Å². The molecule has 0 aliphatic carbocycles. The van der Waals surface area contributed by atoms with Gasteiger partial charge in [-0.2, -0.15) is 10.2 Å². The number of rotatable bonds is 4. The minimum atomic E-state index is 0.0190. The van der Waals surface area contributed by atoms with E-state index in [9.17, 15) is 0 Å². The fourth-order valence-electron chi connectivity index (χ4n) is 1.98. The van der Waals surface area contributed by atoms with E-state index in [1.54, 1.807) is 24.3 Å². The second-order valence-electron chi connectivity index (χ2n) is 4.78. The highest BCUT2D eigenvalue weighted by molar-refractivity contribution is 6.30. The highest BCUT2D eigenvalue weighted by Gasteiger charge is 2.11. The first kappa shape index (κ1) is 14.9. The Bertz CT molecular complexity index is 849. The summed E-state index contributed by atoms with van der Waals surface area (Å²) < 4.78 is 11.0. The molecule has 0 fully saturated rings. The van der Waals surface area contributed by atoms with Crippen LogP contribution in [0.1, 0.15) is 11.3 Å². The van der Waals surface area contributed by atoms with E-state index in [-0.39, 0.29) is 11.6 Å². The molecule has 0 amide bonds. The van der Waals surface area contributed by atoms with Crippen LogP contribution in [-0.4, -0.2) is 4.98 Å². The molecule has 0 bridgehead atoms. The average Bonchev–Trinajstić information content (AvgIpc) is 2.96. The molecule has 5 nitrogen and oxygen atoms in total. The summed E-state index contributed by atoms with van der Waals surface area (Å²) in [6.45, 7) is 0.445. The van der Waals surface area contributed by atoms with Crippen LogP contribution in [0.3, 0.4) is 0 Å². The second kappa shape index (κ2) is 6.42.